The molecule has 1 aromatic heterocycles. The van der Waals surface area contributed by atoms with Crippen molar-refractivity contribution in [3.63, 3.8) is 0 Å². The van der Waals surface area contributed by atoms with E-state index in [4.69, 9.17) is 4.74 Å². The molecule has 0 amide bonds. The number of nitrogens with zero attached hydrogens (tertiary/aromatic N) is 2. The average Bonchev–Trinajstić information content (AvgIpc) is 2.06. The van der Waals surface area contributed by atoms with E-state index in [-0.39, 0.29) is 11.9 Å². The zero-order valence-electron chi connectivity index (χ0n) is 8.65. The first-order valence-electron chi connectivity index (χ1n) is 4.55. The van der Waals surface area contributed by atoms with Gasteiger partial charge in [0.2, 0.25) is 0 Å². The lowest BCUT2D eigenvalue weighted by Gasteiger charge is -2.06. The number of rotatable bonds is 4. The molecular weight excluding hydrogens is 180 g/mol. The third-order valence-electron chi connectivity index (χ3n) is 1.48. The van der Waals surface area contributed by atoms with Gasteiger partial charge < -0.3 is 4.74 Å². The normalized spacial score (nSPS) is 10.3. The predicted molar refractivity (Wildman–Crippen MR) is 52.2 cm³/mol. The van der Waals surface area contributed by atoms with Crippen LogP contribution in [0.3, 0.4) is 0 Å². The van der Waals surface area contributed by atoms with Crippen LogP contribution in [-0.4, -0.2) is 21.9 Å². The number of ether oxygens (including phenoxy) is 1. The van der Waals surface area contributed by atoms with Crippen LogP contribution in [-0.2, 0) is 11.2 Å². The Morgan fingerprint density at radius 1 is 1.43 bits per heavy atom. The van der Waals surface area contributed by atoms with Crippen molar-refractivity contribution in [1.82, 2.24) is 9.97 Å². The smallest absolute Gasteiger partial charge is 0.316 e. The molecule has 1 rings (SSSR count). The van der Waals surface area contributed by atoms with Crippen LogP contribution in [0.15, 0.2) is 12.4 Å². The molecule has 0 spiro atoms. The fourth-order valence-electron chi connectivity index (χ4n) is 0.993. The Kier molecular flexibility index (Phi) is 3.56. The molecule has 0 saturated carbocycles. The number of hydrogen-bond acceptors (Lipinski definition) is 4. The van der Waals surface area contributed by atoms with Crippen LogP contribution in [0.5, 0.6) is 6.01 Å². The summed E-state index contributed by atoms with van der Waals surface area (Å²) in [4.78, 5) is 18.8. The van der Waals surface area contributed by atoms with Crippen molar-refractivity contribution in [3.8, 4) is 6.01 Å². The molecule has 0 N–H and O–H groups in total. The van der Waals surface area contributed by atoms with Crippen molar-refractivity contribution in [1.29, 1.82) is 0 Å². The van der Waals surface area contributed by atoms with Gasteiger partial charge in [0, 0.05) is 18.8 Å². The molecular formula is C10H14N2O2. The van der Waals surface area contributed by atoms with Crippen molar-refractivity contribution in [2.45, 2.75) is 33.3 Å². The van der Waals surface area contributed by atoms with Crippen molar-refractivity contribution >= 4 is 5.78 Å². The van der Waals surface area contributed by atoms with Gasteiger partial charge in [-0.15, -0.1) is 0 Å². The van der Waals surface area contributed by atoms with Crippen molar-refractivity contribution in [2.75, 3.05) is 0 Å². The average molecular weight is 194 g/mol. The van der Waals surface area contributed by atoms with E-state index in [1.165, 1.54) is 0 Å². The van der Waals surface area contributed by atoms with Gasteiger partial charge in [-0.1, -0.05) is 0 Å². The summed E-state index contributed by atoms with van der Waals surface area (Å²) in [5.74, 6) is 0.103. The molecule has 0 aromatic carbocycles. The fraction of sp³-hybridized carbons (Fsp3) is 0.500. The summed E-state index contributed by atoms with van der Waals surface area (Å²) >= 11 is 0. The Bertz CT molecular complexity index is 306. The number of hydrogen-bond donors (Lipinski definition) is 0. The van der Waals surface area contributed by atoms with Gasteiger partial charge >= 0.3 is 6.01 Å². The molecule has 0 saturated heterocycles. The predicted octanol–water partition coefficient (Wildman–Crippen LogP) is 1.40. The third kappa shape index (κ3) is 3.51. The molecule has 1 aromatic rings. The van der Waals surface area contributed by atoms with Gasteiger partial charge in [0.25, 0.3) is 0 Å². The quantitative estimate of drug-likeness (QED) is 0.726. The molecule has 0 aliphatic rings. The number of ketones is 1. The number of carbonyl (C=O) groups is 1. The van der Waals surface area contributed by atoms with Gasteiger partial charge in [0.1, 0.15) is 5.78 Å². The molecule has 4 nitrogen and oxygen atoms in total. The Balaban J connectivity index is 2.63. The maximum Gasteiger partial charge on any atom is 0.316 e. The van der Waals surface area contributed by atoms with Crippen molar-refractivity contribution < 1.29 is 9.53 Å². The molecule has 0 radical (unpaired) electrons. The molecule has 0 aliphatic carbocycles. The monoisotopic (exact) mass is 194 g/mol. The first kappa shape index (κ1) is 10.6. The number of carbonyl (C=O) groups excluding carboxylic acids is 1. The lowest BCUT2D eigenvalue weighted by molar-refractivity contribution is -0.116. The minimum atomic E-state index is 0.0636. The van der Waals surface area contributed by atoms with Gasteiger partial charge in [0.15, 0.2) is 0 Å². The minimum Gasteiger partial charge on any atom is -0.461 e. The zero-order valence-corrected chi connectivity index (χ0v) is 8.65. The Morgan fingerprint density at radius 2 is 2.00 bits per heavy atom. The standard InChI is InChI=1S/C10H14N2O2/c1-7(2)14-10-11-5-9(6-12-10)4-8(3)13/h5-7H,4H2,1-3H3. The summed E-state index contributed by atoms with van der Waals surface area (Å²) in [6, 6.07) is 0.354. The number of Topliss-reactive ketones (excluding diaryl/α,β-unsaturated/α-hetero) is 1. The summed E-state index contributed by atoms with van der Waals surface area (Å²) in [6.07, 6.45) is 3.67. The highest BCUT2D eigenvalue weighted by Crippen LogP contribution is 2.05. The summed E-state index contributed by atoms with van der Waals surface area (Å²) in [7, 11) is 0. The van der Waals surface area contributed by atoms with Crippen molar-refractivity contribution in [3.05, 3.63) is 18.0 Å². The van der Waals surface area contributed by atoms with Gasteiger partial charge in [-0.25, -0.2) is 9.97 Å². The molecule has 0 atom stereocenters. The van der Waals surface area contributed by atoms with Crippen LogP contribution in [0, 0.1) is 0 Å². The molecule has 0 fully saturated rings. The minimum absolute atomic E-state index is 0.0636. The second-order valence-electron chi connectivity index (χ2n) is 3.42. The summed E-state index contributed by atoms with van der Waals surface area (Å²) in [5.41, 5.74) is 0.814. The molecule has 0 bridgehead atoms. The van der Waals surface area contributed by atoms with Crippen molar-refractivity contribution in [2.24, 2.45) is 0 Å². The van der Waals surface area contributed by atoms with Gasteiger partial charge in [-0.2, -0.15) is 0 Å². The van der Waals surface area contributed by atoms with Crippen LogP contribution in [0.25, 0.3) is 0 Å². The van der Waals surface area contributed by atoms with E-state index in [1.807, 2.05) is 13.8 Å². The lowest BCUT2D eigenvalue weighted by Crippen LogP contribution is -2.08. The summed E-state index contributed by atoms with van der Waals surface area (Å²) in [5, 5.41) is 0. The molecule has 0 aliphatic heterocycles. The molecule has 76 valence electrons. The largest absolute Gasteiger partial charge is 0.461 e. The van der Waals surface area contributed by atoms with Gasteiger partial charge in [0.05, 0.1) is 6.10 Å². The molecule has 4 heteroatoms. The van der Waals surface area contributed by atoms with Crippen LogP contribution in [0.1, 0.15) is 26.3 Å². The Hall–Kier alpha value is -1.45. The molecule has 1 heterocycles. The van der Waals surface area contributed by atoms with E-state index in [1.54, 1.807) is 19.3 Å². The SMILES string of the molecule is CC(=O)Cc1cnc(OC(C)C)nc1. The maximum absolute atomic E-state index is 10.8. The van der Waals surface area contributed by atoms with Crippen LogP contribution in [0.2, 0.25) is 0 Å². The lowest BCUT2D eigenvalue weighted by atomic mass is 10.2. The van der Waals surface area contributed by atoms with E-state index in [0.717, 1.165) is 5.56 Å². The summed E-state index contributed by atoms with van der Waals surface area (Å²) < 4.78 is 5.27. The molecule has 0 unspecified atom stereocenters. The first-order valence-corrected chi connectivity index (χ1v) is 4.55. The number of aromatic nitrogens is 2. The van der Waals surface area contributed by atoms with E-state index in [0.29, 0.717) is 12.4 Å². The van der Waals surface area contributed by atoms with E-state index in [2.05, 4.69) is 9.97 Å². The Labute approximate surface area is 83.3 Å². The third-order valence-corrected chi connectivity index (χ3v) is 1.48. The first-order chi connectivity index (χ1) is 6.58. The molecule has 14 heavy (non-hydrogen) atoms. The zero-order chi connectivity index (χ0) is 10.6. The van der Waals surface area contributed by atoms with Crippen LogP contribution in [0.4, 0.5) is 0 Å². The highest BCUT2D eigenvalue weighted by atomic mass is 16.5. The van der Waals surface area contributed by atoms with E-state index in [9.17, 15) is 4.79 Å². The van der Waals surface area contributed by atoms with Crippen LogP contribution < -0.4 is 4.74 Å². The highest BCUT2D eigenvalue weighted by molar-refractivity contribution is 5.77. The van der Waals surface area contributed by atoms with Crippen LogP contribution >= 0.6 is 0 Å². The summed E-state index contributed by atoms with van der Waals surface area (Å²) in [6.45, 7) is 5.36. The van der Waals surface area contributed by atoms with Gasteiger partial charge in [-0.05, 0) is 26.3 Å². The highest BCUT2D eigenvalue weighted by Gasteiger charge is 2.02. The maximum atomic E-state index is 10.8. The van der Waals surface area contributed by atoms with Gasteiger partial charge in [-0.3, -0.25) is 4.79 Å². The van der Waals surface area contributed by atoms with E-state index >= 15 is 0 Å². The Morgan fingerprint density at radius 3 is 2.43 bits per heavy atom. The topological polar surface area (TPSA) is 52.1 Å². The van der Waals surface area contributed by atoms with E-state index < -0.39 is 0 Å². The second-order valence-corrected chi connectivity index (χ2v) is 3.42. The fourth-order valence-corrected chi connectivity index (χ4v) is 0.993. The second kappa shape index (κ2) is 4.69.